The first-order valence-corrected chi connectivity index (χ1v) is 9.53. The lowest BCUT2D eigenvalue weighted by Crippen LogP contribution is -2.13. The smallest absolute Gasteiger partial charge is 0.255 e. The van der Waals surface area contributed by atoms with Crippen LogP contribution >= 0.6 is 34.8 Å². The number of rotatable bonds is 7. The average Bonchev–Trinajstić information content (AvgIpc) is 2.70. The van der Waals surface area contributed by atoms with Gasteiger partial charge in [0.05, 0.1) is 20.8 Å². The van der Waals surface area contributed by atoms with Crippen LogP contribution in [0.15, 0.2) is 66.7 Å². The molecule has 28 heavy (non-hydrogen) atoms. The van der Waals surface area contributed by atoms with E-state index >= 15 is 0 Å². The second-order valence-corrected chi connectivity index (χ2v) is 6.96. The molecule has 7 heteroatoms. The topological polar surface area (TPSA) is 47.6 Å². The van der Waals surface area contributed by atoms with Crippen LogP contribution in [0.3, 0.4) is 0 Å². The molecule has 0 aliphatic rings. The fraction of sp³-hybridized carbons (Fsp3) is 0.0952. The van der Waals surface area contributed by atoms with Crippen molar-refractivity contribution >= 4 is 46.4 Å². The molecule has 0 atom stereocenters. The van der Waals surface area contributed by atoms with Crippen LogP contribution in [0.2, 0.25) is 15.1 Å². The van der Waals surface area contributed by atoms with Crippen molar-refractivity contribution in [3.63, 3.8) is 0 Å². The third-order valence-electron chi connectivity index (χ3n) is 3.72. The Morgan fingerprint density at radius 2 is 1.39 bits per heavy atom. The van der Waals surface area contributed by atoms with Crippen molar-refractivity contribution in [1.82, 2.24) is 0 Å². The molecule has 0 saturated carbocycles. The lowest BCUT2D eigenvalue weighted by atomic mass is 10.2. The molecule has 3 aromatic carbocycles. The van der Waals surface area contributed by atoms with Crippen molar-refractivity contribution in [2.75, 3.05) is 18.5 Å². The summed E-state index contributed by atoms with van der Waals surface area (Å²) in [4.78, 5) is 12.5. The first kappa shape index (κ1) is 20.3. The Balaban J connectivity index is 1.58. The predicted octanol–water partition coefficient (Wildman–Crippen LogP) is 6.36. The molecular formula is C21H16Cl3NO3. The van der Waals surface area contributed by atoms with Crippen LogP contribution < -0.4 is 14.8 Å². The van der Waals surface area contributed by atoms with Crippen molar-refractivity contribution in [2.45, 2.75) is 0 Å². The highest BCUT2D eigenvalue weighted by Crippen LogP contribution is 2.32. The largest absolute Gasteiger partial charge is 0.490 e. The summed E-state index contributed by atoms with van der Waals surface area (Å²) >= 11 is 18.0. The second-order valence-electron chi connectivity index (χ2n) is 5.74. The molecule has 1 amide bonds. The molecule has 0 unspecified atom stereocenters. The zero-order valence-electron chi connectivity index (χ0n) is 14.6. The molecule has 0 radical (unpaired) electrons. The van der Waals surface area contributed by atoms with Crippen molar-refractivity contribution < 1.29 is 14.3 Å². The Kier molecular flexibility index (Phi) is 7.04. The van der Waals surface area contributed by atoms with E-state index in [2.05, 4.69) is 5.32 Å². The van der Waals surface area contributed by atoms with Gasteiger partial charge in [-0.25, -0.2) is 0 Å². The van der Waals surface area contributed by atoms with Gasteiger partial charge in [-0.1, -0.05) is 59.1 Å². The number of para-hydroxylation sites is 1. The predicted molar refractivity (Wildman–Crippen MR) is 113 cm³/mol. The lowest BCUT2D eigenvalue weighted by molar-refractivity contribution is 0.102. The Labute approximate surface area is 177 Å². The summed E-state index contributed by atoms with van der Waals surface area (Å²) in [6.45, 7) is 0.734. The molecule has 3 aromatic rings. The highest BCUT2D eigenvalue weighted by Gasteiger charge is 2.12. The van der Waals surface area contributed by atoms with Gasteiger partial charge in [0.15, 0.2) is 0 Å². The first-order chi connectivity index (χ1) is 13.5. The molecule has 0 aliphatic carbocycles. The average molecular weight is 437 g/mol. The first-order valence-electron chi connectivity index (χ1n) is 8.39. The van der Waals surface area contributed by atoms with E-state index in [1.165, 1.54) is 12.1 Å². The van der Waals surface area contributed by atoms with E-state index in [1.807, 2.05) is 30.3 Å². The summed E-state index contributed by atoms with van der Waals surface area (Å²) in [7, 11) is 0. The van der Waals surface area contributed by atoms with Gasteiger partial charge < -0.3 is 14.8 Å². The van der Waals surface area contributed by atoms with Gasteiger partial charge in [0.1, 0.15) is 24.7 Å². The van der Waals surface area contributed by atoms with E-state index in [0.717, 1.165) is 5.75 Å². The molecule has 0 saturated heterocycles. The molecule has 1 N–H and O–H groups in total. The maximum Gasteiger partial charge on any atom is 0.255 e. The summed E-state index contributed by atoms with van der Waals surface area (Å²) < 4.78 is 11.2. The van der Waals surface area contributed by atoms with Crippen LogP contribution in [0.5, 0.6) is 11.5 Å². The third-order valence-corrected chi connectivity index (χ3v) is 4.75. The molecule has 0 heterocycles. The highest BCUT2D eigenvalue weighted by molar-refractivity contribution is 6.44. The Morgan fingerprint density at radius 3 is 2.14 bits per heavy atom. The van der Waals surface area contributed by atoms with E-state index in [-0.39, 0.29) is 5.91 Å². The number of benzene rings is 3. The van der Waals surface area contributed by atoms with Crippen LogP contribution in [0, 0.1) is 0 Å². The molecule has 4 nitrogen and oxygen atoms in total. The van der Waals surface area contributed by atoms with E-state index < -0.39 is 0 Å². The number of hydrogen-bond acceptors (Lipinski definition) is 3. The maximum absolute atomic E-state index is 12.5. The number of carbonyl (C=O) groups is 1. The van der Waals surface area contributed by atoms with Gasteiger partial charge in [-0.2, -0.15) is 0 Å². The van der Waals surface area contributed by atoms with Crippen molar-refractivity contribution in [3.8, 4) is 11.5 Å². The van der Waals surface area contributed by atoms with E-state index in [9.17, 15) is 4.79 Å². The van der Waals surface area contributed by atoms with Gasteiger partial charge in [0.2, 0.25) is 0 Å². The minimum atomic E-state index is -0.341. The SMILES string of the molecule is O=C(Nc1cc(Cl)c(Cl)cc1Cl)c1cccc(OCCOc2ccccc2)c1. The van der Waals surface area contributed by atoms with E-state index in [1.54, 1.807) is 24.3 Å². The number of ether oxygens (including phenoxy) is 2. The van der Waals surface area contributed by atoms with Gasteiger partial charge in [-0.15, -0.1) is 0 Å². The van der Waals surface area contributed by atoms with E-state index in [4.69, 9.17) is 44.3 Å². The van der Waals surface area contributed by atoms with Crippen LogP contribution in [-0.4, -0.2) is 19.1 Å². The number of nitrogens with one attached hydrogen (secondary N) is 1. The van der Waals surface area contributed by atoms with Gasteiger partial charge >= 0.3 is 0 Å². The van der Waals surface area contributed by atoms with Crippen molar-refractivity contribution in [2.24, 2.45) is 0 Å². The molecular weight excluding hydrogens is 421 g/mol. The van der Waals surface area contributed by atoms with Crippen LogP contribution in [0.25, 0.3) is 0 Å². The molecule has 0 aromatic heterocycles. The fourth-order valence-corrected chi connectivity index (χ4v) is 2.97. The Hall–Kier alpha value is -2.40. The Morgan fingerprint density at radius 1 is 0.750 bits per heavy atom. The summed E-state index contributed by atoms with van der Waals surface area (Å²) in [5.74, 6) is 0.994. The maximum atomic E-state index is 12.5. The Bertz CT molecular complexity index is 964. The number of hydrogen-bond donors (Lipinski definition) is 1. The van der Waals surface area contributed by atoms with Crippen molar-refractivity contribution in [1.29, 1.82) is 0 Å². The van der Waals surface area contributed by atoms with Crippen molar-refractivity contribution in [3.05, 3.63) is 87.4 Å². The van der Waals surface area contributed by atoms with Gasteiger partial charge in [0.25, 0.3) is 5.91 Å². The minimum Gasteiger partial charge on any atom is -0.490 e. The second kappa shape index (κ2) is 9.69. The molecule has 0 bridgehead atoms. The quantitative estimate of drug-likeness (QED) is 0.346. The molecule has 144 valence electrons. The van der Waals surface area contributed by atoms with Crippen LogP contribution in [0.4, 0.5) is 5.69 Å². The normalized spacial score (nSPS) is 10.4. The third kappa shape index (κ3) is 5.55. The lowest BCUT2D eigenvalue weighted by Gasteiger charge is -2.11. The fourth-order valence-electron chi connectivity index (χ4n) is 2.38. The standard InChI is InChI=1S/C21H16Cl3NO3/c22-17-12-19(24)20(13-18(17)23)25-21(26)14-5-4-8-16(11-14)28-10-9-27-15-6-2-1-3-7-15/h1-8,11-13H,9-10H2,(H,25,26). The van der Waals surface area contributed by atoms with Crippen LogP contribution in [-0.2, 0) is 0 Å². The number of carbonyl (C=O) groups excluding carboxylic acids is 1. The zero-order chi connectivity index (χ0) is 19.9. The van der Waals surface area contributed by atoms with Crippen LogP contribution in [0.1, 0.15) is 10.4 Å². The molecule has 0 aliphatic heterocycles. The molecule has 0 spiro atoms. The van der Waals surface area contributed by atoms with E-state index in [0.29, 0.717) is 45.3 Å². The summed E-state index contributed by atoms with van der Waals surface area (Å²) in [5.41, 5.74) is 0.798. The summed E-state index contributed by atoms with van der Waals surface area (Å²) in [6.07, 6.45) is 0. The van der Waals surface area contributed by atoms with Gasteiger partial charge in [-0.3, -0.25) is 4.79 Å². The zero-order valence-corrected chi connectivity index (χ0v) is 16.9. The monoisotopic (exact) mass is 435 g/mol. The summed E-state index contributed by atoms with van der Waals surface area (Å²) in [6, 6.07) is 19.3. The number of halogens is 3. The number of amides is 1. The minimum absolute atomic E-state index is 0.299. The summed E-state index contributed by atoms with van der Waals surface area (Å²) in [5, 5.41) is 3.64. The van der Waals surface area contributed by atoms with Gasteiger partial charge in [0, 0.05) is 5.56 Å². The number of anilines is 1. The van der Waals surface area contributed by atoms with Gasteiger partial charge in [-0.05, 0) is 42.5 Å². The molecule has 0 fully saturated rings. The molecule has 3 rings (SSSR count). The highest BCUT2D eigenvalue weighted by atomic mass is 35.5.